The van der Waals surface area contributed by atoms with E-state index in [4.69, 9.17) is 9.47 Å². The number of carbonyl (C=O) groups is 1. The molecule has 0 saturated carbocycles. The van der Waals surface area contributed by atoms with Crippen LogP contribution in [0.2, 0.25) is 0 Å². The number of hydrogen-bond donors (Lipinski definition) is 0. The maximum absolute atomic E-state index is 11.6. The first-order valence-electron chi connectivity index (χ1n) is 6.67. The van der Waals surface area contributed by atoms with Crippen molar-refractivity contribution >= 4 is 5.97 Å². The number of hydrogen-bond acceptors (Lipinski definition) is 4. The van der Waals surface area contributed by atoms with E-state index in [0.717, 1.165) is 19.6 Å². The molecule has 0 aromatic rings. The molecule has 0 bridgehead atoms. The summed E-state index contributed by atoms with van der Waals surface area (Å²) in [5.74, 6) is 0.453. The Kier molecular flexibility index (Phi) is 8.20. The number of esters is 1. The first-order chi connectivity index (χ1) is 8.24. The SMILES string of the molecule is COCCN(CCC(=O)OC(C)(C)C)CC(C)C. The van der Waals surface area contributed by atoms with Crippen LogP contribution in [0.3, 0.4) is 0 Å². The van der Waals surface area contributed by atoms with Gasteiger partial charge in [-0.2, -0.15) is 0 Å². The van der Waals surface area contributed by atoms with Gasteiger partial charge >= 0.3 is 5.97 Å². The van der Waals surface area contributed by atoms with E-state index < -0.39 is 5.60 Å². The first-order valence-corrected chi connectivity index (χ1v) is 6.67. The maximum Gasteiger partial charge on any atom is 0.307 e. The van der Waals surface area contributed by atoms with Gasteiger partial charge in [-0.05, 0) is 26.7 Å². The molecule has 18 heavy (non-hydrogen) atoms. The van der Waals surface area contributed by atoms with E-state index >= 15 is 0 Å². The zero-order valence-corrected chi connectivity index (χ0v) is 12.8. The molecule has 0 aliphatic carbocycles. The van der Waals surface area contributed by atoms with Gasteiger partial charge in [0.15, 0.2) is 0 Å². The third kappa shape index (κ3) is 10.5. The van der Waals surface area contributed by atoms with Crippen LogP contribution in [0.25, 0.3) is 0 Å². The summed E-state index contributed by atoms with van der Waals surface area (Å²) >= 11 is 0. The van der Waals surface area contributed by atoms with Crippen LogP contribution in [0.15, 0.2) is 0 Å². The quantitative estimate of drug-likeness (QED) is 0.627. The van der Waals surface area contributed by atoms with Crippen molar-refractivity contribution in [2.45, 2.75) is 46.6 Å². The smallest absolute Gasteiger partial charge is 0.307 e. The Balaban J connectivity index is 4.04. The fourth-order valence-electron chi connectivity index (χ4n) is 1.67. The molecule has 0 atom stereocenters. The van der Waals surface area contributed by atoms with Crippen molar-refractivity contribution in [1.29, 1.82) is 0 Å². The second kappa shape index (κ2) is 8.48. The average molecular weight is 259 g/mol. The number of ether oxygens (including phenoxy) is 2. The van der Waals surface area contributed by atoms with Crippen molar-refractivity contribution in [2.24, 2.45) is 5.92 Å². The fraction of sp³-hybridized carbons (Fsp3) is 0.929. The highest BCUT2D eigenvalue weighted by Gasteiger charge is 2.17. The van der Waals surface area contributed by atoms with E-state index in [0.29, 0.717) is 18.9 Å². The molecule has 0 aliphatic rings. The highest BCUT2D eigenvalue weighted by molar-refractivity contribution is 5.70. The average Bonchev–Trinajstić information content (AvgIpc) is 2.19. The van der Waals surface area contributed by atoms with E-state index in [1.54, 1.807) is 7.11 Å². The lowest BCUT2D eigenvalue weighted by molar-refractivity contribution is -0.155. The van der Waals surface area contributed by atoms with Crippen molar-refractivity contribution in [3.05, 3.63) is 0 Å². The lowest BCUT2D eigenvalue weighted by atomic mass is 10.2. The normalized spacial score (nSPS) is 12.2. The summed E-state index contributed by atoms with van der Waals surface area (Å²) in [6.07, 6.45) is 0.438. The van der Waals surface area contributed by atoms with Crippen LogP contribution < -0.4 is 0 Å². The molecule has 4 nitrogen and oxygen atoms in total. The first kappa shape index (κ1) is 17.4. The molecule has 0 amide bonds. The monoisotopic (exact) mass is 259 g/mol. The molecule has 0 aromatic heterocycles. The largest absolute Gasteiger partial charge is 0.460 e. The predicted octanol–water partition coefficient (Wildman–Crippen LogP) is 2.32. The Labute approximate surface area is 112 Å². The third-order valence-corrected chi connectivity index (χ3v) is 2.29. The Bertz CT molecular complexity index is 234. The topological polar surface area (TPSA) is 38.8 Å². The molecule has 0 rings (SSSR count). The van der Waals surface area contributed by atoms with E-state index in [1.807, 2.05) is 20.8 Å². The summed E-state index contributed by atoms with van der Waals surface area (Å²) in [6, 6.07) is 0. The minimum Gasteiger partial charge on any atom is -0.460 e. The van der Waals surface area contributed by atoms with E-state index in [2.05, 4.69) is 18.7 Å². The molecule has 0 aromatic carbocycles. The summed E-state index contributed by atoms with van der Waals surface area (Å²) in [5.41, 5.74) is -0.396. The molecule has 0 heterocycles. The number of carbonyl (C=O) groups excluding carboxylic acids is 1. The Morgan fingerprint density at radius 3 is 2.28 bits per heavy atom. The second-order valence-corrected chi connectivity index (χ2v) is 6.02. The van der Waals surface area contributed by atoms with E-state index in [9.17, 15) is 4.79 Å². The van der Waals surface area contributed by atoms with Crippen LogP contribution in [0.4, 0.5) is 0 Å². The van der Waals surface area contributed by atoms with Crippen molar-refractivity contribution in [2.75, 3.05) is 33.4 Å². The van der Waals surface area contributed by atoms with Gasteiger partial charge in [-0.25, -0.2) is 0 Å². The van der Waals surface area contributed by atoms with Crippen molar-refractivity contribution in [1.82, 2.24) is 4.90 Å². The molecule has 0 aliphatic heterocycles. The molecule has 4 heteroatoms. The van der Waals surface area contributed by atoms with Crippen molar-refractivity contribution in [3.63, 3.8) is 0 Å². The fourth-order valence-corrected chi connectivity index (χ4v) is 1.67. The molecule has 0 spiro atoms. The number of methoxy groups -OCH3 is 1. The molecule has 0 N–H and O–H groups in total. The minimum absolute atomic E-state index is 0.131. The lowest BCUT2D eigenvalue weighted by Gasteiger charge is -2.25. The summed E-state index contributed by atoms with van der Waals surface area (Å²) in [7, 11) is 1.70. The molecule has 0 saturated heterocycles. The number of nitrogens with zero attached hydrogens (tertiary/aromatic N) is 1. The standard InChI is InChI=1S/C14H29NO3/c1-12(2)11-15(9-10-17-6)8-7-13(16)18-14(3,4)5/h12H,7-11H2,1-6H3. The van der Waals surface area contributed by atoms with Gasteiger partial charge in [0.2, 0.25) is 0 Å². The second-order valence-electron chi connectivity index (χ2n) is 6.02. The van der Waals surface area contributed by atoms with E-state index in [1.165, 1.54) is 0 Å². The minimum atomic E-state index is -0.396. The lowest BCUT2D eigenvalue weighted by Crippen LogP contribution is -2.34. The Morgan fingerprint density at radius 1 is 1.22 bits per heavy atom. The van der Waals surface area contributed by atoms with Crippen LogP contribution in [0.1, 0.15) is 41.0 Å². The predicted molar refractivity (Wildman–Crippen MR) is 73.6 cm³/mol. The third-order valence-electron chi connectivity index (χ3n) is 2.29. The van der Waals surface area contributed by atoms with Crippen LogP contribution in [-0.2, 0) is 14.3 Å². The van der Waals surface area contributed by atoms with Gasteiger partial charge in [-0.15, -0.1) is 0 Å². The van der Waals surface area contributed by atoms with Gasteiger partial charge in [0, 0.05) is 26.7 Å². The van der Waals surface area contributed by atoms with Crippen LogP contribution >= 0.6 is 0 Å². The highest BCUT2D eigenvalue weighted by atomic mass is 16.6. The zero-order valence-electron chi connectivity index (χ0n) is 12.8. The molecule has 108 valence electrons. The Morgan fingerprint density at radius 2 is 1.83 bits per heavy atom. The van der Waals surface area contributed by atoms with Gasteiger partial charge in [0.05, 0.1) is 13.0 Å². The highest BCUT2D eigenvalue weighted by Crippen LogP contribution is 2.09. The molecular weight excluding hydrogens is 230 g/mol. The maximum atomic E-state index is 11.6. The van der Waals surface area contributed by atoms with Crippen molar-refractivity contribution in [3.8, 4) is 0 Å². The molecule has 0 radical (unpaired) electrons. The van der Waals surface area contributed by atoms with Crippen LogP contribution in [-0.4, -0.2) is 49.8 Å². The molecule has 0 unspecified atom stereocenters. The van der Waals surface area contributed by atoms with Gasteiger partial charge in [-0.1, -0.05) is 13.8 Å². The van der Waals surface area contributed by atoms with E-state index in [-0.39, 0.29) is 5.97 Å². The summed E-state index contributed by atoms with van der Waals surface area (Å²) in [5, 5.41) is 0. The zero-order chi connectivity index (χ0) is 14.2. The van der Waals surface area contributed by atoms with Crippen LogP contribution in [0, 0.1) is 5.92 Å². The number of rotatable bonds is 8. The van der Waals surface area contributed by atoms with Gasteiger partial charge in [0.25, 0.3) is 0 Å². The summed E-state index contributed by atoms with van der Waals surface area (Å²) in [4.78, 5) is 13.9. The Hall–Kier alpha value is -0.610. The van der Waals surface area contributed by atoms with Crippen LogP contribution in [0.5, 0.6) is 0 Å². The summed E-state index contributed by atoms with van der Waals surface area (Å²) < 4.78 is 10.4. The molecule has 0 fully saturated rings. The molecular formula is C14H29NO3. The van der Waals surface area contributed by atoms with Gasteiger partial charge < -0.3 is 14.4 Å². The van der Waals surface area contributed by atoms with Gasteiger partial charge in [-0.3, -0.25) is 4.79 Å². The van der Waals surface area contributed by atoms with Crippen molar-refractivity contribution < 1.29 is 14.3 Å². The summed E-state index contributed by atoms with van der Waals surface area (Å²) in [6.45, 7) is 13.3. The van der Waals surface area contributed by atoms with Gasteiger partial charge in [0.1, 0.15) is 5.60 Å².